The van der Waals surface area contributed by atoms with Crippen molar-refractivity contribution in [3.8, 4) is 0 Å². The molecule has 1 aliphatic rings. The lowest BCUT2D eigenvalue weighted by Crippen LogP contribution is -2.27. The van der Waals surface area contributed by atoms with Crippen LogP contribution in [0, 0.1) is 6.92 Å². The summed E-state index contributed by atoms with van der Waals surface area (Å²) < 4.78 is 63.9. The van der Waals surface area contributed by atoms with Gasteiger partial charge in [-0.2, -0.15) is 0 Å². The van der Waals surface area contributed by atoms with Crippen LogP contribution in [-0.4, -0.2) is 32.0 Å². The van der Waals surface area contributed by atoms with Crippen molar-refractivity contribution in [2.45, 2.75) is 30.1 Å². The van der Waals surface area contributed by atoms with Crippen molar-refractivity contribution in [1.82, 2.24) is 5.32 Å². The molecule has 1 aliphatic heterocycles. The van der Waals surface area contributed by atoms with Gasteiger partial charge in [0.2, 0.25) is 0 Å². The van der Waals surface area contributed by atoms with Gasteiger partial charge in [0.15, 0.2) is 0 Å². The second-order valence-corrected chi connectivity index (χ2v) is 7.68. The fourth-order valence-corrected chi connectivity index (χ4v) is 4.13. The third-order valence-electron chi connectivity index (χ3n) is 4.61. The summed E-state index contributed by atoms with van der Waals surface area (Å²) in [4.78, 5) is -0.544. The Morgan fingerprint density at radius 2 is 1.88 bits per heavy atom. The lowest BCUT2D eigenvalue weighted by molar-refractivity contribution is 0.00482. The highest BCUT2D eigenvalue weighted by atomic mass is 32.2. The van der Waals surface area contributed by atoms with E-state index in [0.717, 1.165) is 11.6 Å². The summed E-state index contributed by atoms with van der Waals surface area (Å²) in [7, 11) is -4.86. The molecule has 1 saturated heterocycles. The maximum absolute atomic E-state index is 14.4. The number of aryl methyl sites for hydroxylation is 1. The molecule has 0 aliphatic carbocycles. The van der Waals surface area contributed by atoms with Crippen molar-refractivity contribution >= 4 is 10.1 Å². The topological polar surface area (TPSA) is 69.2 Å². The van der Waals surface area contributed by atoms with E-state index in [1.807, 2.05) is 30.3 Å². The van der Waals surface area contributed by atoms with Crippen molar-refractivity contribution in [2.75, 3.05) is 13.1 Å². The number of hydrogen-bond acceptors (Lipinski definition) is 4. The third kappa shape index (κ3) is 3.58. The molecule has 1 atom stereocenters. The first kappa shape index (κ1) is 18.0. The van der Waals surface area contributed by atoms with Crippen LogP contribution < -0.4 is 5.32 Å². The van der Waals surface area contributed by atoms with Gasteiger partial charge in [0.1, 0.15) is 10.1 Å². The van der Waals surface area contributed by atoms with Gasteiger partial charge in [-0.15, -0.1) is 0 Å². The van der Waals surface area contributed by atoms with Crippen molar-refractivity contribution in [1.29, 1.82) is 0 Å². The molecule has 7 heteroatoms. The number of nitrogens with one attached hydrogen (secondary N) is 1. The maximum Gasteiger partial charge on any atom is 0.268 e. The molecule has 0 aromatic heterocycles. The van der Waals surface area contributed by atoms with Gasteiger partial charge in [0, 0.05) is 6.54 Å². The lowest BCUT2D eigenvalue weighted by atomic mass is 9.86. The molecule has 1 heterocycles. The van der Waals surface area contributed by atoms with Gasteiger partial charge in [-0.3, -0.25) is 0 Å². The van der Waals surface area contributed by atoms with Gasteiger partial charge >= 0.3 is 0 Å². The summed E-state index contributed by atoms with van der Waals surface area (Å²) >= 11 is 0. The van der Waals surface area contributed by atoms with E-state index in [1.54, 1.807) is 6.92 Å². The van der Waals surface area contributed by atoms with Crippen molar-refractivity contribution < 1.29 is 21.8 Å². The molecule has 0 saturated carbocycles. The molecule has 1 fully saturated rings. The minimum Gasteiger partial charge on any atom is -0.744 e. The summed E-state index contributed by atoms with van der Waals surface area (Å²) in [5.74, 6) is -4.46. The van der Waals surface area contributed by atoms with Gasteiger partial charge in [-0.05, 0) is 41.7 Å². The summed E-state index contributed by atoms with van der Waals surface area (Å²) in [5, 5.41) is 2.60. The van der Waals surface area contributed by atoms with Gasteiger partial charge < -0.3 is 9.87 Å². The van der Waals surface area contributed by atoms with E-state index < -0.39 is 33.4 Å². The number of halogens is 2. The van der Waals surface area contributed by atoms with E-state index in [9.17, 15) is 21.8 Å². The quantitative estimate of drug-likeness (QED) is 0.845. The van der Waals surface area contributed by atoms with Gasteiger partial charge in [-0.1, -0.05) is 36.4 Å². The summed E-state index contributed by atoms with van der Waals surface area (Å²) in [5.41, 5.74) is 1.99. The fraction of sp³-hybridized carbons (Fsp3) is 0.333. The van der Waals surface area contributed by atoms with E-state index in [-0.39, 0.29) is 18.5 Å². The van der Waals surface area contributed by atoms with Crippen molar-refractivity contribution in [2.24, 2.45) is 0 Å². The minimum absolute atomic E-state index is 0.0474. The summed E-state index contributed by atoms with van der Waals surface area (Å²) in [6.45, 7) is 1.14. The zero-order valence-corrected chi connectivity index (χ0v) is 14.4. The Balaban J connectivity index is 2.22. The second kappa shape index (κ2) is 6.48. The molecule has 1 unspecified atom stereocenters. The number of rotatable bonds is 4. The largest absolute Gasteiger partial charge is 0.744 e. The van der Waals surface area contributed by atoms with Crippen LogP contribution in [0.15, 0.2) is 47.4 Å². The second-order valence-electron chi connectivity index (χ2n) is 6.33. The van der Waals surface area contributed by atoms with Crippen molar-refractivity contribution in [3.63, 3.8) is 0 Å². The molecule has 134 valence electrons. The van der Waals surface area contributed by atoms with E-state index in [0.29, 0.717) is 11.1 Å². The Morgan fingerprint density at radius 1 is 1.20 bits per heavy atom. The fourth-order valence-electron chi connectivity index (χ4n) is 3.36. The van der Waals surface area contributed by atoms with Gasteiger partial charge in [0.25, 0.3) is 5.92 Å². The standard InChI is InChI=1S/C18H19F2NO3S/c1-12-7-8-16(25(22,23)24)17(15-10-21-11-18(15,19)20)14(12)9-13-5-3-2-4-6-13/h2-8,15,21H,9-11H2,1H3,(H,22,23,24)/p-1. The zero-order valence-electron chi connectivity index (χ0n) is 13.6. The first-order valence-corrected chi connectivity index (χ1v) is 9.32. The number of hydrogen-bond donors (Lipinski definition) is 1. The van der Waals surface area contributed by atoms with Crippen LogP contribution in [0.25, 0.3) is 0 Å². The highest BCUT2D eigenvalue weighted by Gasteiger charge is 2.47. The van der Waals surface area contributed by atoms with Crippen LogP contribution in [0.3, 0.4) is 0 Å². The highest BCUT2D eigenvalue weighted by molar-refractivity contribution is 7.85. The molecular weight excluding hydrogens is 348 g/mol. The molecule has 0 radical (unpaired) electrons. The van der Waals surface area contributed by atoms with E-state index in [2.05, 4.69) is 5.32 Å². The van der Waals surface area contributed by atoms with Crippen LogP contribution in [0.4, 0.5) is 8.78 Å². The normalized spacial score (nSPS) is 19.9. The van der Waals surface area contributed by atoms with E-state index in [4.69, 9.17) is 0 Å². The van der Waals surface area contributed by atoms with Crippen LogP contribution in [-0.2, 0) is 16.5 Å². The molecule has 4 nitrogen and oxygen atoms in total. The monoisotopic (exact) mass is 366 g/mol. The predicted octanol–water partition coefficient (Wildman–Crippen LogP) is 2.81. The average molecular weight is 366 g/mol. The molecule has 2 aromatic rings. The molecule has 0 bridgehead atoms. The summed E-state index contributed by atoms with van der Waals surface area (Å²) in [6.07, 6.45) is 0.290. The molecule has 2 aromatic carbocycles. The van der Waals surface area contributed by atoms with Crippen LogP contribution in [0.5, 0.6) is 0 Å². The van der Waals surface area contributed by atoms with Crippen LogP contribution >= 0.6 is 0 Å². The Kier molecular flexibility index (Phi) is 4.66. The first-order chi connectivity index (χ1) is 11.7. The van der Waals surface area contributed by atoms with Gasteiger partial charge in [-0.25, -0.2) is 17.2 Å². The van der Waals surface area contributed by atoms with Crippen LogP contribution in [0.1, 0.15) is 28.2 Å². The smallest absolute Gasteiger partial charge is 0.268 e. The Morgan fingerprint density at radius 3 is 2.44 bits per heavy atom. The van der Waals surface area contributed by atoms with Crippen LogP contribution in [0.2, 0.25) is 0 Å². The molecule has 0 amide bonds. The van der Waals surface area contributed by atoms with Gasteiger partial charge in [0.05, 0.1) is 17.4 Å². The Bertz CT molecular complexity index is 883. The predicted molar refractivity (Wildman–Crippen MR) is 88.9 cm³/mol. The average Bonchev–Trinajstić information content (AvgIpc) is 2.88. The van der Waals surface area contributed by atoms with Crippen molar-refractivity contribution in [3.05, 3.63) is 64.7 Å². The maximum atomic E-state index is 14.4. The van der Waals surface area contributed by atoms with E-state index >= 15 is 0 Å². The lowest BCUT2D eigenvalue weighted by Gasteiger charge is -2.26. The Hall–Kier alpha value is -1.83. The Labute approximate surface area is 145 Å². The SMILES string of the molecule is Cc1ccc(S(=O)(=O)[O-])c(C2CNCC2(F)F)c1Cc1ccccc1. The molecule has 3 rings (SSSR count). The summed E-state index contributed by atoms with van der Waals surface area (Å²) in [6, 6.07) is 11.8. The molecule has 1 N–H and O–H groups in total. The molecule has 25 heavy (non-hydrogen) atoms. The van der Waals surface area contributed by atoms with E-state index in [1.165, 1.54) is 6.07 Å². The third-order valence-corrected chi connectivity index (χ3v) is 5.51. The number of benzene rings is 2. The highest BCUT2D eigenvalue weighted by Crippen LogP contribution is 2.42. The number of alkyl halides is 2. The molecule has 0 spiro atoms. The minimum atomic E-state index is -4.86. The zero-order chi connectivity index (χ0) is 18.2. The first-order valence-electron chi connectivity index (χ1n) is 7.91. The molecular formula is C18H18F2NO3S-.